The maximum Gasteiger partial charge on any atom is 0.215 e. The molecule has 0 atom stereocenters. The highest BCUT2D eigenvalue weighted by Crippen LogP contribution is 2.16. The van der Waals surface area contributed by atoms with E-state index in [1.54, 1.807) is 31.4 Å². The summed E-state index contributed by atoms with van der Waals surface area (Å²) in [6.07, 6.45) is 2.88. The second kappa shape index (κ2) is 4.61. The third-order valence-corrected chi connectivity index (χ3v) is 2.27. The molecule has 17 heavy (non-hydrogen) atoms. The van der Waals surface area contributed by atoms with Crippen molar-refractivity contribution in [3.63, 3.8) is 0 Å². The van der Waals surface area contributed by atoms with Crippen LogP contribution in [0.5, 0.6) is 5.75 Å². The molecule has 0 aliphatic rings. The average Bonchev–Trinajstić information content (AvgIpc) is 2.38. The van der Waals surface area contributed by atoms with Gasteiger partial charge in [-0.05, 0) is 12.1 Å². The highest BCUT2D eigenvalue weighted by molar-refractivity contribution is 6.10. The summed E-state index contributed by atoms with van der Waals surface area (Å²) < 4.78 is 5.05. The fraction of sp³-hybridized carbons (Fsp3) is 0.0833. The van der Waals surface area contributed by atoms with Crippen molar-refractivity contribution in [1.29, 1.82) is 0 Å². The molecule has 0 aliphatic heterocycles. The molecule has 1 heterocycles. The van der Waals surface area contributed by atoms with Crippen LogP contribution in [0, 0.1) is 0 Å². The van der Waals surface area contributed by atoms with E-state index in [1.165, 1.54) is 12.4 Å². The summed E-state index contributed by atoms with van der Waals surface area (Å²) in [5, 5.41) is 0. The molecular formula is C12H11N3O2. The standard InChI is InChI=1S/C12H11N3O2/c1-17-9-4-2-3-8(7-9)11(16)10-12(13)15-6-5-14-10/h2-7H,1H3,(H2,13,15). The number of anilines is 1. The van der Waals surface area contributed by atoms with Crippen molar-refractivity contribution >= 4 is 11.6 Å². The first-order valence-corrected chi connectivity index (χ1v) is 4.97. The number of nitrogens with zero attached hydrogens (tertiary/aromatic N) is 2. The smallest absolute Gasteiger partial charge is 0.215 e. The van der Waals surface area contributed by atoms with E-state index >= 15 is 0 Å². The number of aromatic nitrogens is 2. The molecule has 1 aromatic heterocycles. The van der Waals surface area contributed by atoms with Crippen LogP contribution in [0.25, 0.3) is 0 Å². The fourth-order valence-corrected chi connectivity index (χ4v) is 1.42. The number of carbonyl (C=O) groups is 1. The summed E-state index contributed by atoms with van der Waals surface area (Å²) in [6.45, 7) is 0. The molecule has 0 aliphatic carbocycles. The van der Waals surface area contributed by atoms with Gasteiger partial charge in [-0.1, -0.05) is 12.1 Å². The zero-order valence-electron chi connectivity index (χ0n) is 9.25. The van der Waals surface area contributed by atoms with Crippen LogP contribution in [0.15, 0.2) is 36.7 Å². The molecule has 0 saturated heterocycles. The van der Waals surface area contributed by atoms with Crippen molar-refractivity contribution in [2.45, 2.75) is 0 Å². The third-order valence-electron chi connectivity index (χ3n) is 2.27. The van der Waals surface area contributed by atoms with Crippen LogP contribution in [0.2, 0.25) is 0 Å². The maximum atomic E-state index is 12.1. The first-order valence-electron chi connectivity index (χ1n) is 4.97. The van der Waals surface area contributed by atoms with Crippen molar-refractivity contribution in [3.8, 4) is 5.75 Å². The normalized spacial score (nSPS) is 9.94. The molecule has 2 aromatic rings. The summed E-state index contributed by atoms with van der Waals surface area (Å²) in [7, 11) is 1.54. The monoisotopic (exact) mass is 229 g/mol. The van der Waals surface area contributed by atoms with E-state index in [1.807, 2.05) is 0 Å². The minimum atomic E-state index is -0.269. The number of hydrogen-bond acceptors (Lipinski definition) is 5. The van der Waals surface area contributed by atoms with Crippen molar-refractivity contribution in [2.75, 3.05) is 12.8 Å². The number of methoxy groups -OCH3 is 1. The van der Waals surface area contributed by atoms with Crippen LogP contribution >= 0.6 is 0 Å². The first kappa shape index (κ1) is 11.1. The predicted octanol–water partition coefficient (Wildman–Crippen LogP) is 1.30. The molecule has 0 spiro atoms. The molecule has 86 valence electrons. The Morgan fingerprint density at radius 2 is 2.06 bits per heavy atom. The zero-order chi connectivity index (χ0) is 12.3. The summed E-state index contributed by atoms with van der Waals surface area (Å²) in [5.74, 6) is 0.466. The second-order valence-electron chi connectivity index (χ2n) is 3.35. The van der Waals surface area contributed by atoms with E-state index in [9.17, 15) is 4.79 Å². The molecule has 2 N–H and O–H groups in total. The lowest BCUT2D eigenvalue weighted by molar-refractivity contribution is 0.103. The summed E-state index contributed by atoms with van der Waals surface area (Å²) in [5.41, 5.74) is 6.23. The van der Waals surface area contributed by atoms with Gasteiger partial charge in [-0.25, -0.2) is 9.97 Å². The number of ether oxygens (including phenoxy) is 1. The quantitative estimate of drug-likeness (QED) is 0.802. The SMILES string of the molecule is COc1cccc(C(=O)c2nccnc2N)c1. The number of rotatable bonds is 3. The van der Waals surface area contributed by atoms with Gasteiger partial charge < -0.3 is 10.5 Å². The van der Waals surface area contributed by atoms with E-state index in [2.05, 4.69) is 9.97 Å². The van der Waals surface area contributed by atoms with Gasteiger partial charge >= 0.3 is 0 Å². The average molecular weight is 229 g/mol. The maximum absolute atomic E-state index is 12.1. The number of benzene rings is 1. The van der Waals surface area contributed by atoms with E-state index in [0.717, 1.165) is 0 Å². The van der Waals surface area contributed by atoms with E-state index in [4.69, 9.17) is 10.5 Å². The predicted molar refractivity (Wildman–Crippen MR) is 62.9 cm³/mol. The van der Waals surface area contributed by atoms with Gasteiger partial charge in [0.1, 0.15) is 5.75 Å². The molecular weight excluding hydrogens is 218 g/mol. The van der Waals surface area contributed by atoms with Crippen molar-refractivity contribution in [2.24, 2.45) is 0 Å². The Morgan fingerprint density at radius 3 is 2.76 bits per heavy atom. The van der Waals surface area contributed by atoms with Crippen LogP contribution in [-0.4, -0.2) is 22.9 Å². The van der Waals surface area contributed by atoms with E-state index in [0.29, 0.717) is 11.3 Å². The van der Waals surface area contributed by atoms with Crippen molar-refractivity contribution in [1.82, 2.24) is 9.97 Å². The van der Waals surface area contributed by atoms with Gasteiger partial charge in [-0.3, -0.25) is 4.79 Å². The van der Waals surface area contributed by atoms with E-state index in [-0.39, 0.29) is 17.3 Å². The number of hydrogen-bond donors (Lipinski definition) is 1. The Bertz CT molecular complexity index is 555. The topological polar surface area (TPSA) is 78.1 Å². The van der Waals surface area contributed by atoms with Crippen LogP contribution < -0.4 is 10.5 Å². The van der Waals surface area contributed by atoms with Gasteiger partial charge in [-0.2, -0.15) is 0 Å². The largest absolute Gasteiger partial charge is 0.497 e. The Hall–Kier alpha value is -2.43. The number of nitrogens with two attached hydrogens (primary N) is 1. The van der Waals surface area contributed by atoms with Gasteiger partial charge in [-0.15, -0.1) is 0 Å². The molecule has 0 amide bonds. The van der Waals surface area contributed by atoms with Gasteiger partial charge in [0.2, 0.25) is 5.78 Å². The highest BCUT2D eigenvalue weighted by Gasteiger charge is 2.14. The Kier molecular flexibility index (Phi) is 3.00. The summed E-state index contributed by atoms with van der Waals surface area (Å²) in [6, 6.07) is 6.81. The van der Waals surface area contributed by atoms with E-state index < -0.39 is 0 Å². The van der Waals surface area contributed by atoms with Crippen LogP contribution in [0.1, 0.15) is 16.1 Å². The lowest BCUT2D eigenvalue weighted by Gasteiger charge is -2.04. The van der Waals surface area contributed by atoms with Gasteiger partial charge in [0.15, 0.2) is 11.5 Å². The molecule has 1 aromatic carbocycles. The van der Waals surface area contributed by atoms with Crippen LogP contribution in [0.4, 0.5) is 5.82 Å². The Labute approximate surface area is 98.3 Å². The number of carbonyl (C=O) groups excluding carboxylic acids is 1. The highest BCUT2D eigenvalue weighted by atomic mass is 16.5. The van der Waals surface area contributed by atoms with Crippen molar-refractivity contribution < 1.29 is 9.53 Å². The first-order chi connectivity index (χ1) is 8.22. The van der Waals surface area contributed by atoms with Gasteiger partial charge in [0.05, 0.1) is 7.11 Å². The van der Waals surface area contributed by atoms with Crippen molar-refractivity contribution in [3.05, 3.63) is 47.9 Å². The molecule has 0 saturated carbocycles. The third kappa shape index (κ3) is 2.23. The molecule has 5 nitrogen and oxygen atoms in total. The molecule has 0 bridgehead atoms. The van der Waals surface area contributed by atoms with Gasteiger partial charge in [0, 0.05) is 18.0 Å². The Morgan fingerprint density at radius 1 is 1.29 bits per heavy atom. The minimum Gasteiger partial charge on any atom is -0.497 e. The fourth-order valence-electron chi connectivity index (χ4n) is 1.42. The molecule has 2 rings (SSSR count). The summed E-state index contributed by atoms with van der Waals surface area (Å²) >= 11 is 0. The molecule has 0 unspecified atom stereocenters. The minimum absolute atomic E-state index is 0.125. The molecule has 5 heteroatoms. The molecule has 0 radical (unpaired) electrons. The second-order valence-corrected chi connectivity index (χ2v) is 3.35. The summed E-state index contributed by atoms with van der Waals surface area (Å²) in [4.78, 5) is 19.9. The van der Waals surface area contributed by atoms with Crippen LogP contribution in [-0.2, 0) is 0 Å². The number of nitrogen functional groups attached to an aromatic ring is 1. The number of ketones is 1. The lowest BCUT2D eigenvalue weighted by atomic mass is 10.1. The lowest BCUT2D eigenvalue weighted by Crippen LogP contribution is -2.09. The zero-order valence-corrected chi connectivity index (χ0v) is 9.25. The van der Waals surface area contributed by atoms with Crippen LogP contribution in [0.3, 0.4) is 0 Å². The van der Waals surface area contributed by atoms with Gasteiger partial charge in [0.25, 0.3) is 0 Å². The Balaban J connectivity index is 2.40. The molecule has 0 fully saturated rings.